The van der Waals surface area contributed by atoms with Gasteiger partial charge < -0.3 is 5.73 Å². The molecule has 1 aromatic heterocycles. The quantitative estimate of drug-likeness (QED) is 0.772. The van der Waals surface area contributed by atoms with E-state index in [0.717, 1.165) is 38.3 Å². The second-order valence-corrected chi connectivity index (χ2v) is 3.98. The van der Waals surface area contributed by atoms with E-state index < -0.39 is 0 Å². The van der Waals surface area contributed by atoms with Gasteiger partial charge in [-0.2, -0.15) is 0 Å². The Morgan fingerprint density at radius 1 is 1.57 bits per heavy atom. The fourth-order valence-corrected chi connectivity index (χ4v) is 2.24. The van der Waals surface area contributed by atoms with Crippen molar-refractivity contribution in [3.63, 3.8) is 0 Å². The molecule has 4 nitrogen and oxygen atoms in total. The number of aryl methyl sites for hydroxylation is 2. The van der Waals surface area contributed by atoms with E-state index in [2.05, 4.69) is 17.2 Å². The first-order valence-electron chi connectivity index (χ1n) is 5.46. The summed E-state index contributed by atoms with van der Waals surface area (Å²) < 4.78 is 2.03. The summed E-state index contributed by atoms with van der Waals surface area (Å²) in [5.41, 5.74) is 8.14. The van der Waals surface area contributed by atoms with Gasteiger partial charge in [0, 0.05) is 6.54 Å². The predicted molar refractivity (Wildman–Crippen MR) is 54.9 cm³/mol. The van der Waals surface area contributed by atoms with Crippen LogP contribution in [0.3, 0.4) is 0 Å². The molecule has 0 aromatic carbocycles. The van der Waals surface area contributed by atoms with Crippen molar-refractivity contribution in [2.75, 3.05) is 6.54 Å². The summed E-state index contributed by atoms with van der Waals surface area (Å²) in [5.74, 6) is 0.747. The third-order valence-corrected chi connectivity index (χ3v) is 3.06. The van der Waals surface area contributed by atoms with Crippen LogP contribution in [0.15, 0.2) is 0 Å². The van der Waals surface area contributed by atoms with Gasteiger partial charge in [0.2, 0.25) is 0 Å². The maximum Gasteiger partial charge on any atom is 0.0859 e. The van der Waals surface area contributed by atoms with Crippen LogP contribution in [0.2, 0.25) is 0 Å². The number of nitrogens with two attached hydrogens (primary N) is 1. The molecule has 1 aliphatic carbocycles. The Labute approximate surface area is 84.5 Å². The van der Waals surface area contributed by atoms with Gasteiger partial charge in [0.15, 0.2) is 0 Å². The van der Waals surface area contributed by atoms with Crippen LogP contribution in [0.5, 0.6) is 0 Å². The number of nitrogens with zero attached hydrogens (tertiary/aromatic N) is 3. The Hall–Kier alpha value is -0.900. The Kier molecular flexibility index (Phi) is 2.82. The highest BCUT2D eigenvalue weighted by atomic mass is 15.4. The van der Waals surface area contributed by atoms with Crippen LogP contribution in [0, 0.1) is 5.92 Å². The minimum Gasteiger partial charge on any atom is -0.330 e. The minimum atomic E-state index is 0.747. The van der Waals surface area contributed by atoms with Crippen molar-refractivity contribution in [3.05, 3.63) is 11.4 Å². The van der Waals surface area contributed by atoms with E-state index in [1.165, 1.54) is 17.8 Å². The van der Waals surface area contributed by atoms with E-state index in [9.17, 15) is 0 Å². The highest BCUT2D eigenvalue weighted by Gasteiger charge is 2.22. The summed E-state index contributed by atoms with van der Waals surface area (Å²) in [5, 5.41) is 8.35. The van der Waals surface area contributed by atoms with E-state index >= 15 is 0 Å². The molecule has 1 atom stereocenters. The molecule has 0 radical (unpaired) electrons. The van der Waals surface area contributed by atoms with Crippen molar-refractivity contribution >= 4 is 0 Å². The first-order chi connectivity index (χ1) is 6.85. The zero-order valence-electron chi connectivity index (χ0n) is 8.74. The average Bonchev–Trinajstić information content (AvgIpc) is 2.60. The largest absolute Gasteiger partial charge is 0.330 e. The summed E-state index contributed by atoms with van der Waals surface area (Å²) in [6.07, 6.45) is 4.56. The average molecular weight is 194 g/mol. The number of aromatic nitrogens is 3. The lowest BCUT2D eigenvalue weighted by Crippen LogP contribution is -2.19. The van der Waals surface area contributed by atoms with Crippen LogP contribution < -0.4 is 5.73 Å². The van der Waals surface area contributed by atoms with Crippen molar-refractivity contribution < 1.29 is 0 Å². The lowest BCUT2D eigenvalue weighted by Gasteiger charge is -2.21. The highest BCUT2D eigenvalue weighted by molar-refractivity contribution is 5.14. The van der Waals surface area contributed by atoms with Crippen LogP contribution in [-0.4, -0.2) is 21.5 Å². The number of rotatable bonds is 3. The Morgan fingerprint density at radius 2 is 2.43 bits per heavy atom. The molecule has 78 valence electrons. The van der Waals surface area contributed by atoms with Gasteiger partial charge >= 0.3 is 0 Å². The minimum absolute atomic E-state index is 0.747. The maximum absolute atomic E-state index is 5.59. The van der Waals surface area contributed by atoms with Gasteiger partial charge in [-0.15, -0.1) is 5.10 Å². The van der Waals surface area contributed by atoms with Crippen molar-refractivity contribution in [1.29, 1.82) is 0 Å². The second-order valence-electron chi connectivity index (χ2n) is 3.98. The van der Waals surface area contributed by atoms with Gasteiger partial charge in [-0.3, -0.25) is 0 Å². The van der Waals surface area contributed by atoms with E-state index in [4.69, 9.17) is 5.73 Å². The van der Waals surface area contributed by atoms with Crippen LogP contribution in [0.25, 0.3) is 0 Å². The molecular formula is C10H18N4. The van der Waals surface area contributed by atoms with E-state index in [-0.39, 0.29) is 0 Å². The smallest absolute Gasteiger partial charge is 0.0859 e. The van der Waals surface area contributed by atoms with Gasteiger partial charge in [-0.05, 0) is 45.1 Å². The van der Waals surface area contributed by atoms with E-state index in [1.54, 1.807) is 0 Å². The molecule has 1 heterocycles. The van der Waals surface area contributed by atoms with E-state index in [0.29, 0.717) is 0 Å². The lowest BCUT2D eigenvalue weighted by atomic mass is 9.87. The fraction of sp³-hybridized carbons (Fsp3) is 0.800. The van der Waals surface area contributed by atoms with Gasteiger partial charge in [0.05, 0.1) is 11.4 Å². The highest BCUT2D eigenvalue weighted by Crippen LogP contribution is 2.25. The monoisotopic (exact) mass is 194 g/mol. The predicted octanol–water partition coefficient (Wildman–Crippen LogP) is 0.752. The Bertz CT molecular complexity index is 292. The maximum atomic E-state index is 5.59. The first kappa shape index (κ1) is 9.65. The summed E-state index contributed by atoms with van der Waals surface area (Å²) in [4.78, 5) is 0. The van der Waals surface area contributed by atoms with Crippen molar-refractivity contribution in [1.82, 2.24) is 15.0 Å². The number of fused-ring (bicyclic) bond motifs is 1. The van der Waals surface area contributed by atoms with Gasteiger partial charge in [-0.25, -0.2) is 4.68 Å². The number of hydrogen-bond donors (Lipinski definition) is 1. The van der Waals surface area contributed by atoms with Crippen molar-refractivity contribution in [2.45, 2.75) is 39.2 Å². The molecule has 0 bridgehead atoms. The molecule has 0 fully saturated rings. The third kappa shape index (κ3) is 1.66. The molecule has 0 aliphatic heterocycles. The summed E-state index contributed by atoms with van der Waals surface area (Å²) in [6, 6.07) is 0. The molecule has 4 heteroatoms. The Balaban J connectivity index is 2.14. The normalized spacial score (nSPS) is 20.9. The van der Waals surface area contributed by atoms with Crippen molar-refractivity contribution in [2.24, 2.45) is 11.7 Å². The SMILES string of the molecule is CCn1nnc2c1CC(CCN)CC2. The zero-order valence-corrected chi connectivity index (χ0v) is 8.74. The molecule has 1 aliphatic rings. The molecule has 1 unspecified atom stereocenters. The Morgan fingerprint density at radius 3 is 3.14 bits per heavy atom. The molecule has 2 rings (SSSR count). The summed E-state index contributed by atoms with van der Waals surface area (Å²) >= 11 is 0. The molecule has 2 N–H and O–H groups in total. The molecular weight excluding hydrogens is 176 g/mol. The van der Waals surface area contributed by atoms with Gasteiger partial charge in [0.25, 0.3) is 0 Å². The molecule has 0 amide bonds. The lowest BCUT2D eigenvalue weighted by molar-refractivity contribution is 0.414. The van der Waals surface area contributed by atoms with E-state index in [1.807, 2.05) is 4.68 Å². The fourth-order valence-electron chi connectivity index (χ4n) is 2.24. The van der Waals surface area contributed by atoms with Crippen LogP contribution in [0.4, 0.5) is 0 Å². The van der Waals surface area contributed by atoms with Crippen LogP contribution in [-0.2, 0) is 19.4 Å². The summed E-state index contributed by atoms with van der Waals surface area (Å²) in [6.45, 7) is 3.84. The van der Waals surface area contributed by atoms with Gasteiger partial charge in [-0.1, -0.05) is 5.21 Å². The molecule has 0 saturated carbocycles. The molecule has 0 saturated heterocycles. The van der Waals surface area contributed by atoms with Gasteiger partial charge in [0.1, 0.15) is 0 Å². The van der Waals surface area contributed by atoms with Crippen molar-refractivity contribution in [3.8, 4) is 0 Å². The third-order valence-electron chi connectivity index (χ3n) is 3.06. The zero-order chi connectivity index (χ0) is 9.97. The topological polar surface area (TPSA) is 56.7 Å². The standard InChI is InChI=1S/C10H18N4/c1-2-14-10-7-8(5-6-11)3-4-9(10)12-13-14/h8H,2-7,11H2,1H3. The number of hydrogen-bond acceptors (Lipinski definition) is 3. The van der Waals surface area contributed by atoms with Crippen LogP contribution in [0.1, 0.15) is 31.2 Å². The molecule has 0 spiro atoms. The van der Waals surface area contributed by atoms with Crippen LogP contribution >= 0.6 is 0 Å². The second kappa shape index (κ2) is 4.09. The molecule has 1 aromatic rings. The molecule has 14 heavy (non-hydrogen) atoms. The first-order valence-corrected chi connectivity index (χ1v) is 5.46. The summed E-state index contributed by atoms with van der Waals surface area (Å²) in [7, 11) is 0.